The quantitative estimate of drug-likeness (QED) is 0.785. The lowest BCUT2D eigenvalue weighted by molar-refractivity contribution is 0.591. The van der Waals surface area contributed by atoms with Gasteiger partial charge in [0.25, 0.3) is 0 Å². The first kappa shape index (κ1) is 10.8. The molecule has 1 N–H and O–H groups in total. The molecule has 2 heterocycles. The van der Waals surface area contributed by atoms with Gasteiger partial charge in [0.1, 0.15) is 12.2 Å². The first-order chi connectivity index (χ1) is 7.83. The molecule has 0 aliphatic rings. The first-order valence-electron chi connectivity index (χ1n) is 5.35. The molecule has 6 heteroatoms. The van der Waals surface area contributed by atoms with Gasteiger partial charge in [-0.15, -0.1) is 0 Å². The van der Waals surface area contributed by atoms with Gasteiger partial charge in [0.15, 0.2) is 0 Å². The van der Waals surface area contributed by atoms with Crippen LogP contribution in [0.3, 0.4) is 0 Å². The average Bonchev–Trinajstić information content (AvgIpc) is 2.89. The van der Waals surface area contributed by atoms with Crippen molar-refractivity contribution in [2.45, 2.75) is 26.6 Å². The monoisotopic (exact) mass is 220 g/mol. The third-order valence-corrected chi connectivity index (χ3v) is 2.36. The van der Waals surface area contributed by atoms with Gasteiger partial charge >= 0.3 is 0 Å². The Labute approximate surface area is 94.3 Å². The summed E-state index contributed by atoms with van der Waals surface area (Å²) in [5, 5.41) is 7.20. The summed E-state index contributed by atoms with van der Waals surface area (Å²) in [7, 11) is 1.91. The minimum Gasteiger partial charge on any atom is -0.330 e. The number of nitrogens with one attached hydrogen (secondary N) is 1. The predicted molar refractivity (Wildman–Crippen MR) is 59.8 cm³/mol. The van der Waals surface area contributed by atoms with Crippen molar-refractivity contribution in [3.05, 3.63) is 30.4 Å². The molecule has 2 aromatic rings. The van der Waals surface area contributed by atoms with Gasteiger partial charge in [-0.1, -0.05) is 0 Å². The van der Waals surface area contributed by atoms with Crippen LogP contribution in [-0.4, -0.2) is 31.4 Å². The fourth-order valence-electron chi connectivity index (χ4n) is 1.60. The molecule has 0 unspecified atom stereocenters. The molecule has 0 saturated heterocycles. The summed E-state index contributed by atoms with van der Waals surface area (Å²) >= 11 is 0. The van der Waals surface area contributed by atoms with Gasteiger partial charge in [-0.25, -0.2) is 14.6 Å². The highest BCUT2D eigenvalue weighted by Crippen LogP contribution is 2.01. The minimum atomic E-state index is 0.713. The fourth-order valence-corrected chi connectivity index (χ4v) is 1.60. The zero-order valence-corrected chi connectivity index (χ0v) is 9.59. The molecule has 0 bridgehead atoms. The van der Waals surface area contributed by atoms with Crippen LogP contribution >= 0.6 is 0 Å². The lowest BCUT2D eigenvalue weighted by Gasteiger charge is -2.03. The van der Waals surface area contributed by atoms with E-state index in [4.69, 9.17) is 0 Å². The Bertz CT molecular complexity index is 444. The third-order valence-electron chi connectivity index (χ3n) is 2.36. The van der Waals surface area contributed by atoms with E-state index >= 15 is 0 Å². The molecule has 0 amide bonds. The molecular weight excluding hydrogens is 204 g/mol. The van der Waals surface area contributed by atoms with E-state index in [0.29, 0.717) is 6.54 Å². The third kappa shape index (κ3) is 2.27. The fraction of sp³-hybridized carbons (Fsp3) is 0.500. The maximum absolute atomic E-state index is 4.28. The Morgan fingerprint density at radius 2 is 2.25 bits per heavy atom. The highest BCUT2D eigenvalue weighted by atomic mass is 15.3. The van der Waals surface area contributed by atoms with E-state index in [1.165, 1.54) is 0 Å². The van der Waals surface area contributed by atoms with Crippen LogP contribution in [0.2, 0.25) is 0 Å². The van der Waals surface area contributed by atoms with Crippen LogP contribution in [0.25, 0.3) is 0 Å². The van der Waals surface area contributed by atoms with Gasteiger partial charge in [0.05, 0.1) is 18.6 Å². The molecule has 0 radical (unpaired) electrons. The van der Waals surface area contributed by atoms with Crippen LogP contribution in [0.4, 0.5) is 0 Å². The zero-order chi connectivity index (χ0) is 11.4. The van der Waals surface area contributed by atoms with Gasteiger partial charge in [-0.2, -0.15) is 5.10 Å². The van der Waals surface area contributed by atoms with Crippen molar-refractivity contribution in [2.75, 3.05) is 7.05 Å². The Morgan fingerprint density at radius 3 is 3.00 bits per heavy atom. The van der Waals surface area contributed by atoms with Crippen molar-refractivity contribution in [2.24, 2.45) is 0 Å². The highest BCUT2D eigenvalue weighted by Gasteiger charge is 2.04. The minimum absolute atomic E-state index is 0.713. The molecule has 0 atom stereocenters. The van der Waals surface area contributed by atoms with E-state index in [0.717, 1.165) is 24.6 Å². The zero-order valence-electron chi connectivity index (χ0n) is 9.59. The molecule has 0 aliphatic heterocycles. The van der Waals surface area contributed by atoms with E-state index in [2.05, 4.69) is 27.3 Å². The van der Waals surface area contributed by atoms with Crippen LogP contribution in [0.15, 0.2) is 18.9 Å². The molecule has 0 saturated carbocycles. The van der Waals surface area contributed by atoms with Crippen LogP contribution < -0.4 is 5.32 Å². The highest BCUT2D eigenvalue weighted by molar-refractivity contribution is 4.98. The molecule has 0 fully saturated rings. The van der Waals surface area contributed by atoms with Crippen molar-refractivity contribution in [3.8, 4) is 0 Å². The maximum Gasteiger partial charge on any atom is 0.146 e. The van der Waals surface area contributed by atoms with Crippen LogP contribution in [0, 0.1) is 0 Å². The molecular formula is C10H16N6. The normalized spacial score (nSPS) is 10.9. The molecule has 86 valence electrons. The van der Waals surface area contributed by atoms with E-state index < -0.39 is 0 Å². The molecule has 0 aliphatic carbocycles. The largest absolute Gasteiger partial charge is 0.330 e. The predicted octanol–water partition coefficient (Wildman–Crippen LogP) is 0.262. The summed E-state index contributed by atoms with van der Waals surface area (Å²) in [5.74, 6) is 0.955. The van der Waals surface area contributed by atoms with Gasteiger partial charge in [0.2, 0.25) is 0 Å². The summed E-state index contributed by atoms with van der Waals surface area (Å²) in [4.78, 5) is 8.51. The Kier molecular flexibility index (Phi) is 3.31. The van der Waals surface area contributed by atoms with Crippen molar-refractivity contribution in [1.29, 1.82) is 0 Å². The summed E-state index contributed by atoms with van der Waals surface area (Å²) in [6.45, 7) is 4.39. The van der Waals surface area contributed by atoms with E-state index in [1.807, 2.05) is 28.8 Å². The number of nitrogens with zero attached hydrogens (tertiary/aromatic N) is 5. The van der Waals surface area contributed by atoms with Crippen LogP contribution in [0.5, 0.6) is 0 Å². The number of aryl methyl sites for hydroxylation is 1. The van der Waals surface area contributed by atoms with Crippen LogP contribution in [-0.2, 0) is 19.6 Å². The summed E-state index contributed by atoms with van der Waals surface area (Å²) in [6.07, 6.45) is 5.43. The Hall–Kier alpha value is -1.69. The number of rotatable bonds is 5. The lowest BCUT2D eigenvalue weighted by atomic mass is 10.5. The maximum atomic E-state index is 4.28. The second-order valence-corrected chi connectivity index (χ2v) is 3.56. The van der Waals surface area contributed by atoms with Gasteiger partial charge in [-0.3, -0.25) is 0 Å². The van der Waals surface area contributed by atoms with E-state index in [1.54, 1.807) is 6.33 Å². The SMILES string of the molecule is CCn1ncnc1Cn1cnc(CNC)c1. The van der Waals surface area contributed by atoms with E-state index in [9.17, 15) is 0 Å². The molecule has 16 heavy (non-hydrogen) atoms. The lowest BCUT2D eigenvalue weighted by Crippen LogP contribution is -2.08. The number of imidazole rings is 1. The number of aromatic nitrogens is 5. The topological polar surface area (TPSA) is 60.6 Å². The van der Waals surface area contributed by atoms with Crippen molar-refractivity contribution >= 4 is 0 Å². The van der Waals surface area contributed by atoms with Crippen molar-refractivity contribution in [3.63, 3.8) is 0 Å². The molecule has 0 aromatic carbocycles. The summed E-state index contributed by atoms with van der Waals surface area (Å²) in [5.41, 5.74) is 1.03. The standard InChI is InChI=1S/C10H16N6/c1-3-16-10(12-7-14-16)6-15-5-9(4-11-2)13-8-15/h5,7-8,11H,3-4,6H2,1-2H3. The van der Waals surface area contributed by atoms with Gasteiger partial charge in [0, 0.05) is 19.3 Å². The van der Waals surface area contributed by atoms with E-state index in [-0.39, 0.29) is 0 Å². The molecule has 2 rings (SSSR count). The number of hydrogen-bond acceptors (Lipinski definition) is 4. The summed E-state index contributed by atoms with van der Waals surface area (Å²) < 4.78 is 3.90. The smallest absolute Gasteiger partial charge is 0.146 e. The molecule has 0 spiro atoms. The average molecular weight is 220 g/mol. The van der Waals surface area contributed by atoms with Crippen molar-refractivity contribution < 1.29 is 0 Å². The van der Waals surface area contributed by atoms with Gasteiger partial charge < -0.3 is 9.88 Å². The van der Waals surface area contributed by atoms with Crippen molar-refractivity contribution in [1.82, 2.24) is 29.6 Å². The number of hydrogen-bond donors (Lipinski definition) is 1. The molecule has 6 nitrogen and oxygen atoms in total. The first-order valence-corrected chi connectivity index (χ1v) is 5.35. The Morgan fingerprint density at radius 1 is 1.38 bits per heavy atom. The second-order valence-electron chi connectivity index (χ2n) is 3.56. The van der Waals surface area contributed by atoms with Crippen LogP contribution in [0.1, 0.15) is 18.4 Å². The van der Waals surface area contributed by atoms with Gasteiger partial charge in [-0.05, 0) is 14.0 Å². The molecule has 2 aromatic heterocycles. The summed E-state index contributed by atoms with van der Waals surface area (Å²) in [6, 6.07) is 0. The Balaban J connectivity index is 2.08. The second kappa shape index (κ2) is 4.89.